The van der Waals surface area contributed by atoms with Crippen LogP contribution in [-0.4, -0.2) is 160 Å². The Morgan fingerprint density at radius 2 is 0.541 bits per heavy atom. The lowest BCUT2D eigenvalue weighted by molar-refractivity contribution is -0.150. The van der Waals surface area contributed by atoms with Gasteiger partial charge in [0.05, 0.1) is 12.2 Å². The highest BCUT2D eigenvalue weighted by Crippen LogP contribution is 2.21. The molecule has 0 saturated heterocycles. The highest BCUT2D eigenvalue weighted by atomic mass is 16.6. The number of benzene rings is 1. The molecule has 0 aliphatic heterocycles. The molecule has 0 saturated carbocycles. The number of ether oxygens (including phenoxy) is 5. The Balaban J connectivity index is 3.05. The Labute approximate surface area is 668 Å². The third kappa shape index (κ3) is 60.6. The van der Waals surface area contributed by atoms with E-state index in [-0.39, 0.29) is 83.4 Å². The van der Waals surface area contributed by atoms with Gasteiger partial charge in [0.2, 0.25) is 0 Å². The van der Waals surface area contributed by atoms with Crippen molar-refractivity contribution in [2.24, 2.45) is 0 Å². The summed E-state index contributed by atoms with van der Waals surface area (Å²) in [6.45, 7) is 24.6. The van der Waals surface area contributed by atoms with Crippen molar-refractivity contribution in [1.29, 1.82) is 0 Å². The zero-order chi connectivity index (χ0) is 79.8. The van der Waals surface area contributed by atoms with Crippen molar-refractivity contribution in [3.05, 3.63) is 34.9 Å². The number of unbranched alkanes of at least 4 members (excludes halogenated alkanes) is 32. The molecule has 1 rings (SSSR count). The minimum absolute atomic E-state index is 0.0368. The average molecular weight is 1540 g/mol. The monoisotopic (exact) mass is 1540 g/mol. The predicted octanol–water partition coefficient (Wildman–Crippen LogP) is 22.7. The van der Waals surface area contributed by atoms with Gasteiger partial charge in [-0.25, -0.2) is 4.79 Å². The number of rotatable bonds is 79. The minimum atomic E-state index is -0.571. The summed E-state index contributed by atoms with van der Waals surface area (Å²) in [6, 6.07) is 4.68. The number of carbonyl (C=O) groups is 7. The van der Waals surface area contributed by atoms with Gasteiger partial charge in [0.1, 0.15) is 24.4 Å². The average Bonchev–Trinajstić information content (AvgIpc) is 0.827. The SMILES string of the molecule is CCCCCCC(CC)OC(=O)CCCCCCCCN(CCCCCCCCC(=O)OC(CC)CCCCCC)CCCNC(=O)c1cc(C(=O)NCCCN(CCCCCCCCC(=O)OC(CC)CCCCCC)CCCCCCCCC(=O)OC(CC)CCCCCC)cc(C(=O)OCCCN(C)C)c1. The second kappa shape index (κ2) is 73.6. The molecular weight excluding hydrogens is 1370 g/mol. The summed E-state index contributed by atoms with van der Waals surface area (Å²) in [6.07, 6.45) is 55.7. The van der Waals surface area contributed by atoms with E-state index in [1.807, 2.05) is 19.0 Å². The maximum Gasteiger partial charge on any atom is 0.338 e. The summed E-state index contributed by atoms with van der Waals surface area (Å²) in [5.74, 6) is -1.49. The number of hydrogen-bond acceptors (Lipinski definition) is 15. The summed E-state index contributed by atoms with van der Waals surface area (Å²) in [7, 11) is 3.94. The van der Waals surface area contributed by atoms with Crippen LogP contribution in [0.15, 0.2) is 18.2 Å². The maximum absolute atomic E-state index is 14.1. The second-order valence-electron chi connectivity index (χ2n) is 32.0. The van der Waals surface area contributed by atoms with E-state index >= 15 is 0 Å². The fourth-order valence-corrected chi connectivity index (χ4v) is 14.3. The van der Waals surface area contributed by atoms with Crippen molar-refractivity contribution in [2.75, 3.05) is 79.6 Å². The van der Waals surface area contributed by atoms with E-state index in [4.69, 9.17) is 23.7 Å². The van der Waals surface area contributed by atoms with E-state index in [0.29, 0.717) is 45.2 Å². The Morgan fingerprint density at radius 3 is 0.807 bits per heavy atom. The number of esters is 5. The molecule has 634 valence electrons. The van der Waals surface area contributed by atoms with Crippen LogP contribution in [0.1, 0.15) is 440 Å². The topological polar surface area (TPSA) is 199 Å². The highest BCUT2D eigenvalue weighted by Gasteiger charge is 2.21. The third-order valence-electron chi connectivity index (χ3n) is 21.5. The van der Waals surface area contributed by atoms with Gasteiger partial charge in [-0.05, 0) is 219 Å². The first-order valence-corrected chi connectivity index (χ1v) is 45.8. The number of nitrogens with zero attached hydrogens (tertiary/aromatic N) is 3. The van der Waals surface area contributed by atoms with Crippen LogP contribution in [0, 0.1) is 0 Å². The lowest BCUT2D eigenvalue weighted by Crippen LogP contribution is -2.32. The standard InChI is InChI=1S/C92H169N5O12/c1-11-19-23-43-58-82(15-5)106-86(98)62-47-35-27-31-39-51-69-96(70-52-40-32-28-36-48-63-87(99)107-83(16-6)59-44-24-20-12-2)73-55-66-93-90(102)79-76-80(78-81(77-79)92(104)105-75-57-68-95(9)10)91(103)94-67-56-74-97(71-53-41-33-29-37-49-64-88(100)108-84(17-7)60-45-25-21-13-3)72-54-42-34-30-38-50-65-89(101)109-85(18-8)61-46-26-22-14-4/h76-78,82-85H,11-75H2,1-10H3,(H,93,102)(H,94,103). The zero-order valence-electron chi connectivity index (χ0n) is 72.2. The third-order valence-corrected chi connectivity index (χ3v) is 21.5. The zero-order valence-corrected chi connectivity index (χ0v) is 72.2. The summed E-state index contributed by atoms with van der Waals surface area (Å²) < 4.78 is 29.0. The van der Waals surface area contributed by atoms with Crippen molar-refractivity contribution in [2.45, 2.75) is 433 Å². The Morgan fingerprint density at radius 1 is 0.294 bits per heavy atom. The molecule has 0 fully saturated rings. The fourth-order valence-electron chi connectivity index (χ4n) is 14.3. The molecule has 0 aromatic heterocycles. The van der Waals surface area contributed by atoms with Crippen molar-refractivity contribution >= 4 is 41.7 Å². The molecule has 2 N–H and O–H groups in total. The van der Waals surface area contributed by atoms with Gasteiger partial charge in [-0.2, -0.15) is 0 Å². The first-order chi connectivity index (χ1) is 53.0. The number of nitrogens with one attached hydrogen (secondary N) is 2. The number of amides is 2. The lowest BCUT2D eigenvalue weighted by atomic mass is 10.0. The lowest BCUT2D eigenvalue weighted by Gasteiger charge is -2.22. The Kier molecular flexibility index (Phi) is 69.1. The fraction of sp³-hybridized carbons (Fsp3) is 0.859. The molecule has 4 unspecified atom stereocenters. The van der Waals surface area contributed by atoms with Gasteiger partial charge in [0, 0.05) is 56.4 Å². The van der Waals surface area contributed by atoms with E-state index in [1.54, 1.807) is 18.2 Å². The molecule has 2 amide bonds. The summed E-state index contributed by atoms with van der Waals surface area (Å²) in [4.78, 5) is 99.6. The predicted molar refractivity (Wildman–Crippen MR) is 452 cm³/mol. The molecule has 0 aliphatic rings. The van der Waals surface area contributed by atoms with Crippen LogP contribution < -0.4 is 10.6 Å². The van der Waals surface area contributed by atoms with Crippen LogP contribution >= 0.6 is 0 Å². The highest BCUT2D eigenvalue weighted by molar-refractivity contribution is 6.03. The van der Waals surface area contributed by atoms with Gasteiger partial charge in [0.15, 0.2) is 0 Å². The molecule has 109 heavy (non-hydrogen) atoms. The van der Waals surface area contributed by atoms with Crippen LogP contribution in [-0.2, 0) is 42.9 Å². The summed E-state index contributed by atoms with van der Waals surface area (Å²) >= 11 is 0. The Bertz CT molecular complexity index is 2130. The molecule has 0 spiro atoms. The molecule has 4 atom stereocenters. The molecule has 0 bridgehead atoms. The van der Waals surface area contributed by atoms with Crippen LogP contribution in [0.3, 0.4) is 0 Å². The summed E-state index contributed by atoms with van der Waals surface area (Å²) in [5.41, 5.74) is 0.644. The molecule has 0 heterocycles. The smallest absolute Gasteiger partial charge is 0.338 e. The molecule has 1 aromatic rings. The number of carbonyl (C=O) groups excluding carboxylic acids is 7. The Hall–Kier alpha value is -4.61. The van der Waals surface area contributed by atoms with Crippen molar-refractivity contribution in [3.63, 3.8) is 0 Å². The van der Waals surface area contributed by atoms with Gasteiger partial charge in [-0.3, -0.25) is 28.8 Å². The van der Waals surface area contributed by atoms with E-state index in [2.05, 4.69) is 75.8 Å². The van der Waals surface area contributed by atoms with Crippen LogP contribution in [0.2, 0.25) is 0 Å². The number of hydrogen-bond donors (Lipinski definition) is 2. The van der Waals surface area contributed by atoms with E-state index in [9.17, 15) is 33.6 Å². The van der Waals surface area contributed by atoms with Crippen LogP contribution in [0.4, 0.5) is 0 Å². The maximum atomic E-state index is 14.1. The minimum Gasteiger partial charge on any atom is -0.462 e. The molecule has 0 aliphatic carbocycles. The van der Waals surface area contributed by atoms with Gasteiger partial charge >= 0.3 is 29.8 Å². The molecular formula is C92H169N5O12. The summed E-state index contributed by atoms with van der Waals surface area (Å²) in [5, 5.41) is 6.25. The molecule has 17 nitrogen and oxygen atoms in total. The van der Waals surface area contributed by atoms with Crippen LogP contribution in [0.25, 0.3) is 0 Å². The van der Waals surface area contributed by atoms with Crippen molar-refractivity contribution in [3.8, 4) is 0 Å². The molecule has 1 aromatic carbocycles. The first kappa shape index (κ1) is 102. The van der Waals surface area contributed by atoms with E-state index < -0.39 is 5.97 Å². The van der Waals surface area contributed by atoms with Gasteiger partial charge in [-0.1, -0.05) is 235 Å². The van der Waals surface area contributed by atoms with Gasteiger partial charge in [0.25, 0.3) is 11.8 Å². The van der Waals surface area contributed by atoms with Crippen molar-refractivity contribution in [1.82, 2.24) is 25.3 Å². The van der Waals surface area contributed by atoms with Gasteiger partial charge < -0.3 is 49.0 Å². The van der Waals surface area contributed by atoms with E-state index in [1.165, 1.54) is 77.0 Å². The second-order valence-corrected chi connectivity index (χ2v) is 32.0. The quantitative estimate of drug-likeness (QED) is 0.0354. The van der Waals surface area contributed by atoms with Crippen LogP contribution in [0.5, 0.6) is 0 Å². The normalized spacial score (nSPS) is 12.7. The first-order valence-electron chi connectivity index (χ1n) is 45.8. The largest absolute Gasteiger partial charge is 0.462 e. The van der Waals surface area contributed by atoms with Crippen molar-refractivity contribution < 1.29 is 57.2 Å². The van der Waals surface area contributed by atoms with E-state index in [0.717, 1.165) is 290 Å². The molecule has 17 heteroatoms. The molecule has 0 radical (unpaired) electrons. The van der Waals surface area contributed by atoms with Gasteiger partial charge in [-0.15, -0.1) is 0 Å².